The van der Waals surface area contributed by atoms with Gasteiger partial charge in [0, 0.05) is 24.7 Å². The molecule has 0 unspecified atom stereocenters. The molecule has 1 aromatic heterocycles. The van der Waals surface area contributed by atoms with E-state index >= 15 is 0 Å². The van der Waals surface area contributed by atoms with Gasteiger partial charge in [0.1, 0.15) is 24.6 Å². The van der Waals surface area contributed by atoms with Gasteiger partial charge in [0.15, 0.2) is 6.10 Å². The van der Waals surface area contributed by atoms with Crippen molar-refractivity contribution in [3.63, 3.8) is 0 Å². The topological polar surface area (TPSA) is 104 Å². The smallest absolute Gasteiger partial charge is 0.416 e. The zero-order chi connectivity index (χ0) is 42.8. The number of aromatic nitrogens is 1. The molecule has 0 aliphatic rings. The van der Waals surface area contributed by atoms with Crippen LogP contribution in [0.4, 0.5) is 24.7 Å². The molecule has 59 heavy (non-hydrogen) atoms. The van der Waals surface area contributed by atoms with Crippen LogP contribution >= 0.6 is 0 Å². The molecule has 0 saturated heterocycles. The average molecular weight is 833 g/mol. The maximum absolute atomic E-state index is 13.4. The Kier molecular flexibility index (Phi) is 28.9. The largest absolute Gasteiger partial charge is 0.462 e. The molecule has 1 N–H and O–H groups in total. The molecule has 334 valence electrons. The number of nitrogens with zero attached hydrogens (tertiary/aromatic N) is 1. The van der Waals surface area contributed by atoms with E-state index in [1.54, 1.807) is 0 Å². The van der Waals surface area contributed by atoms with Gasteiger partial charge in [-0.05, 0) is 43.2 Å². The SMILES string of the molecule is CCCCCCCCCCCCCCCC(=O)OCC(COC(=O)CCCCCCCCCCCCCCC)OC(=O)c1cccnc1Nc1cccc(C(F)(F)F)c1. The molecule has 0 aliphatic heterocycles. The average Bonchev–Trinajstić information content (AvgIpc) is 3.22. The summed E-state index contributed by atoms with van der Waals surface area (Å²) in [5, 5.41) is 2.77. The zero-order valence-corrected chi connectivity index (χ0v) is 36.4. The number of hydrogen-bond donors (Lipinski definition) is 1. The molecular weight excluding hydrogens is 758 g/mol. The Morgan fingerprint density at radius 1 is 0.593 bits per heavy atom. The number of rotatable bonds is 36. The second-order valence-electron chi connectivity index (χ2n) is 16.0. The van der Waals surface area contributed by atoms with E-state index in [0.717, 1.165) is 50.7 Å². The molecule has 0 spiro atoms. The quantitative estimate of drug-likeness (QED) is 0.0411. The number of alkyl halides is 3. The molecule has 0 aliphatic carbocycles. The maximum Gasteiger partial charge on any atom is 0.416 e. The van der Waals surface area contributed by atoms with E-state index in [1.165, 1.54) is 146 Å². The third-order valence-electron chi connectivity index (χ3n) is 10.6. The first-order valence-electron chi connectivity index (χ1n) is 23.1. The highest BCUT2D eigenvalue weighted by Gasteiger charge is 2.30. The third kappa shape index (κ3) is 26.2. The first-order chi connectivity index (χ1) is 28.6. The van der Waals surface area contributed by atoms with Crippen molar-refractivity contribution in [3.8, 4) is 0 Å². The Labute approximate surface area is 353 Å². The fraction of sp³-hybridized carbons (Fsp3) is 0.708. The van der Waals surface area contributed by atoms with E-state index < -0.39 is 35.8 Å². The Bertz CT molecular complexity index is 1360. The lowest BCUT2D eigenvalue weighted by Crippen LogP contribution is -2.31. The number of pyridine rings is 1. The second-order valence-corrected chi connectivity index (χ2v) is 16.0. The van der Waals surface area contributed by atoms with Crippen LogP contribution in [0.1, 0.15) is 210 Å². The summed E-state index contributed by atoms with van der Waals surface area (Å²) in [4.78, 5) is 42.9. The maximum atomic E-state index is 13.4. The van der Waals surface area contributed by atoms with E-state index in [1.807, 2.05) is 0 Å². The molecule has 2 aromatic rings. The van der Waals surface area contributed by atoms with E-state index in [2.05, 4.69) is 24.1 Å². The van der Waals surface area contributed by atoms with Crippen LogP contribution in [0, 0.1) is 0 Å². The predicted molar refractivity (Wildman–Crippen MR) is 231 cm³/mol. The summed E-state index contributed by atoms with van der Waals surface area (Å²) < 4.78 is 56.6. The number of nitrogens with one attached hydrogen (secondary N) is 1. The van der Waals surface area contributed by atoms with E-state index in [9.17, 15) is 27.6 Å². The number of halogens is 3. The Hall–Kier alpha value is -3.63. The number of unbranched alkanes of at least 4 members (excludes halogenated alkanes) is 24. The number of hydrogen-bond acceptors (Lipinski definition) is 8. The van der Waals surface area contributed by atoms with Crippen LogP contribution in [0.25, 0.3) is 0 Å². The number of anilines is 2. The van der Waals surface area contributed by atoms with Gasteiger partial charge < -0.3 is 19.5 Å². The first-order valence-corrected chi connectivity index (χ1v) is 23.1. The van der Waals surface area contributed by atoms with Crippen LogP contribution in [0.2, 0.25) is 0 Å². The highest BCUT2D eigenvalue weighted by atomic mass is 19.4. The number of carbonyl (C=O) groups is 3. The summed E-state index contributed by atoms with van der Waals surface area (Å²) in [5.74, 6) is -1.74. The van der Waals surface area contributed by atoms with Crippen molar-refractivity contribution in [1.82, 2.24) is 4.98 Å². The number of esters is 3. The van der Waals surface area contributed by atoms with Gasteiger partial charge in [-0.3, -0.25) is 9.59 Å². The minimum absolute atomic E-state index is 0.0191. The highest BCUT2D eigenvalue weighted by molar-refractivity contribution is 5.95. The lowest BCUT2D eigenvalue weighted by atomic mass is 10.0. The Morgan fingerprint density at radius 2 is 1.02 bits per heavy atom. The van der Waals surface area contributed by atoms with Gasteiger partial charge in [-0.25, -0.2) is 9.78 Å². The summed E-state index contributed by atoms with van der Waals surface area (Å²) in [7, 11) is 0. The molecule has 0 saturated carbocycles. The molecule has 0 fully saturated rings. The van der Waals surface area contributed by atoms with Crippen molar-refractivity contribution in [1.29, 1.82) is 0 Å². The molecule has 1 heterocycles. The van der Waals surface area contributed by atoms with Crippen molar-refractivity contribution in [2.24, 2.45) is 0 Å². The Morgan fingerprint density at radius 3 is 1.44 bits per heavy atom. The fourth-order valence-corrected chi connectivity index (χ4v) is 7.00. The normalized spacial score (nSPS) is 11.5. The van der Waals surface area contributed by atoms with Crippen molar-refractivity contribution in [3.05, 3.63) is 53.7 Å². The van der Waals surface area contributed by atoms with Gasteiger partial charge in [-0.1, -0.05) is 174 Å². The van der Waals surface area contributed by atoms with Crippen LogP contribution in [-0.4, -0.2) is 42.2 Å². The van der Waals surface area contributed by atoms with Crippen molar-refractivity contribution >= 4 is 29.4 Å². The van der Waals surface area contributed by atoms with E-state index in [-0.39, 0.29) is 43.1 Å². The minimum Gasteiger partial charge on any atom is -0.462 e. The molecule has 0 bridgehead atoms. The number of ether oxygens (including phenoxy) is 3. The van der Waals surface area contributed by atoms with Crippen molar-refractivity contribution in [2.75, 3.05) is 18.5 Å². The minimum atomic E-state index is -4.55. The molecule has 11 heteroatoms. The molecule has 1 aromatic carbocycles. The van der Waals surface area contributed by atoms with E-state index in [0.29, 0.717) is 12.8 Å². The van der Waals surface area contributed by atoms with E-state index in [4.69, 9.17) is 14.2 Å². The zero-order valence-electron chi connectivity index (χ0n) is 36.4. The van der Waals surface area contributed by atoms with Crippen LogP contribution in [0.15, 0.2) is 42.6 Å². The van der Waals surface area contributed by atoms with Gasteiger partial charge in [0.25, 0.3) is 0 Å². The first kappa shape index (κ1) is 51.5. The summed E-state index contributed by atoms with van der Waals surface area (Å²) in [6, 6.07) is 7.46. The molecule has 0 atom stereocenters. The molecule has 0 amide bonds. The monoisotopic (exact) mass is 833 g/mol. The molecular formula is C48H75F3N2O6. The van der Waals surface area contributed by atoms with Gasteiger partial charge in [-0.2, -0.15) is 13.2 Å². The molecule has 8 nitrogen and oxygen atoms in total. The van der Waals surface area contributed by atoms with Gasteiger partial charge >= 0.3 is 24.1 Å². The van der Waals surface area contributed by atoms with Crippen molar-refractivity contribution in [2.45, 2.75) is 206 Å². The standard InChI is InChI=1S/C48H75F3N2O6/c1-3-5-7-9-11-13-15-17-19-21-23-25-27-34-44(54)57-38-42(39-58-45(55)35-28-26-24-22-20-18-16-14-12-10-8-6-4-2)59-47(56)43-33-30-36-52-46(43)53-41-32-29-31-40(37-41)48(49,50)51/h29-33,36-37,42H,3-28,34-35,38-39H2,1-2H3,(H,52,53). The second kappa shape index (κ2) is 33.1. The molecule has 0 radical (unpaired) electrons. The van der Waals surface area contributed by atoms with Crippen LogP contribution in [0.5, 0.6) is 0 Å². The summed E-state index contributed by atoms with van der Waals surface area (Å²) in [6.45, 7) is 3.84. The van der Waals surface area contributed by atoms with Crippen molar-refractivity contribution < 1.29 is 41.8 Å². The summed E-state index contributed by atoms with van der Waals surface area (Å²) in [6.07, 6.45) is 27.2. The van der Waals surface area contributed by atoms with Gasteiger partial charge in [0.2, 0.25) is 0 Å². The number of carbonyl (C=O) groups excluding carboxylic acids is 3. The Balaban J connectivity index is 1.83. The lowest BCUT2D eigenvalue weighted by Gasteiger charge is -2.19. The summed E-state index contributed by atoms with van der Waals surface area (Å²) >= 11 is 0. The van der Waals surface area contributed by atoms with Crippen LogP contribution < -0.4 is 5.32 Å². The van der Waals surface area contributed by atoms with Gasteiger partial charge in [0.05, 0.1) is 5.56 Å². The predicted octanol–water partition coefficient (Wildman–Crippen LogP) is 14.4. The number of benzene rings is 1. The molecule has 2 rings (SSSR count). The van der Waals surface area contributed by atoms with Crippen LogP contribution in [0.3, 0.4) is 0 Å². The fourth-order valence-electron chi connectivity index (χ4n) is 7.00. The van der Waals surface area contributed by atoms with Gasteiger partial charge in [-0.15, -0.1) is 0 Å². The van der Waals surface area contributed by atoms with Crippen LogP contribution in [-0.2, 0) is 30.0 Å². The summed E-state index contributed by atoms with van der Waals surface area (Å²) in [5.41, 5.74) is -0.830. The highest BCUT2D eigenvalue weighted by Crippen LogP contribution is 2.32. The third-order valence-corrected chi connectivity index (χ3v) is 10.6. The lowest BCUT2D eigenvalue weighted by molar-refractivity contribution is -0.153.